The minimum Gasteiger partial charge on any atom is -0.480 e. The highest BCUT2D eigenvalue weighted by Gasteiger charge is 2.24. The van der Waals surface area contributed by atoms with Crippen molar-refractivity contribution in [3.8, 4) is 0 Å². The first-order chi connectivity index (χ1) is 10.1. The van der Waals surface area contributed by atoms with E-state index in [4.69, 9.17) is 5.11 Å². The van der Waals surface area contributed by atoms with Crippen molar-refractivity contribution >= 4 is 11.9 Å². The van der Waals surface area contributed by atoms with Crippen LogP contribution in [0.5, 0.6) is 0 Å². The van der Waals surface area contributed by atoms with Crippen LogP contribution in [0.1, 0.15) is 23.2 Å². The molecule has 1 amide bonds. The molecule has 7 heteroatoms. The van der Waals surface area contributed by atoms with E-state index in [0.29, 0.717) is 25.2 Å². The molecule has 1 atom stereocenters. The first kappa shape index (κ1) is 15.2. The Bertz CT molecular complexity index is 569. The molecule has 114 valence electrons. The van der Waals surface area contributed by atoms with Crippen LogP contribution in [-0.4, -0.2) is 53.0 Å². The third-order valence-electron chi connectivity index (χ3n) is 3.54. The van der Waals surface area contributed by atoms with Crippen molar-refractivity contribution in [2.45, 2.75) is 12.8 Å². The Morgan fingerprint density at radius 2 is 2.29 bits per heavy atom. The van der Waals surface area contributed by atoms with Crippen LogP contribution in [0.15, 0.2) is 23.1 Å². The largest absolute Gasteiger partial charge is 0.480 e. The van der Waals surface area contributed by atoms with E-state index in [-0.39, 0.29) is 23.9 Å². The minimum atomic E-state index is -0.887. The molecule has 1 unspecified atom stereocenters. The number of carboxylic acid groups (broad SMARTS) is 1. The van der Waals surface area contributed by atoms with Crippen LogP contribution in [-0.2, 0) is 4.79 Å². The van der Waals surface area contributed by atoms with Crippen molar-refractivity contribution in [2.75, 3.05) is 26.2 Å². The summed E-state index contributed by atoms with van der Waals surface area (Å²) >= 11 is 0. The number of carbonyl (C=O) groups is 2. The number of carboxylic acids is 1. The molecule has 0 aromatic carbocycles. The average Bonchev–Trinajstić information content (AvgIpc) is 2.46. The van der Waals surface area contributed by atoms with Crippen molar-refractivity contribution in [3.05, 3.63) is 34.2 Å². The number of hydrogen-bond acceptors (Lipinski definition) is 4. The summed E-state index contributed by atoms with van der Waals surface area (Å²) < 4.78 is 0. The maximum absolute atomic E-state index is 12.3. The van der Waals surface area contributed by atoms with E-state index >= 15 is 0 Å². The van der Waals surface area contributed by atoms with Gasteiger partial charge in [-0.15, -0.1) is 0 Å². The summed E-state index contributed by atoms with van der Waals surface area (Å²) in [6, 6.07) is 2.89. The maximum atomic E-state index is 12.3. The summed E-state index contributed by atoms with van der Waals surface area (Å²) in [5.74, 6) is -0.796. The Kier molecular flexibility index (Phi) is 5.10. The Morgan fingerprint density at radius 1 is 1.48 bits per heavy atom. The molecule has 1 aromatic heterocycles. The number of aromatic amines is 1. The fourth-order valence-corrected chi connectivity index (χ4v) is 2.56. The zero-order valence-electron chi connectivity index (χ0n) is 11.7. The summed E-state index contributed by atoms with van der Waals surface area (Å²) in [7, 11) is 0. The molecule has 3 N–H and O–H groups in total. The minimum absolute atomic E-state index is 0.0709. The van der Waals surface area contributed by atoms with Crippen LogP contribution in [0, 0.1) is 5.92 Å². The highest BCUT2D eigenvalue weighted by Crippen LogP contribution is 2.17. The van der Waals surface area contributed by atoms with Gasteiger partial charge in [-0.05, 0) is 24.8 Å². The van der Waals surface area contributed by atoms with E-state index < -0.39 is 5.97 Å². The van der Waals surface area contributed by atoms with Gasteiger partial charge in [0.05, 0.1) is 6.54 Å². The SMILES string of the molecule is O=C(O)CNCC1CCCN(C(=O)c2cc[nH]c(=O)c2)C1. The molecule has 1 aromatic rings. The third-order valence-corrected chi connectivity index (χ3v) is 3.54. The Balaban J connectivity index is 1.92. The fourth-order valence-electron chi connectivity index (χ4n) is 2.56. The van der Waals surface area contributed by atoms with Gasteiger partial charge in [-0.1, -0.05) is 0 Å². The molecule has 0 bridgehead atoms. The van der Waals surface area contributed by atoms with Gasteiger partial charge < -0.3 is 20.3 Å². The Hall–Kier alpha value is -2.15. The number of pyridine rings is 1. The third kappa shape index (κ3) is 4.42. The van der Waals surface area contributed by atoms with Crippen LogP contribution in [0.2, 0.25) is 0 Å². The predicted molar refractivity (Wildman–Crippen MR) is 76.2 cm³/mol. The van der Waals surface area contributed by atoms with Gasteiger partial charge in [0.1, 0.15) is 0 Å². The number of piperidine rings is 1. The smallest absolute Gasteiger partial charge is 0.317 e. The summed E-state index contributed by atoms with van der Waals surface area (Å²) in [6.45, 7) is 1.75. The van der Waals surface area contributed by atoms with Crippen molar-refractivity contribution in [3.63, 3.8) is 0 Å². The van der Waals surface area contributed by atoms with Crippen LogP contribution in [0.4, 0.5) is 0 Å². The number of aromatic nitrogens is 1. The quantitative estimate of drug-likeness (QED) is 0.703. The van der Waals surface area contributed by atoms with Crippen molar-refractivity contribution in [1.82, 2.24) is 15.2 Å². The number of rotatable bonds is 5. The van der Waals surface area contributed by atoms with Crippen LogP contribution in [0.25, 0.3) is 0 Å². The number of carbonyl (C=O) groups excluding carboxylic acids is 1. The topological polar surface area (TPSA) is 102 Å². The van der Waals surface area contributed by atoms with Crippen molar-refractivity contribution in [2.24, 2.45) is 5.92 Å². The van der Waals surface area contributed by atoms with Gasteiger partial charge in [0, 0.05) is 37.5 Å². The van der Waals surface area contributed by atoms with E-state index in [1.165, 1.54) is 12.3 Å². The monoisotopic (exact) mass is 293 g/mol. The lowest BCUT2D eigenvalue weighted by Gasteiger charge is -2.32. The first-order valence-corrected chi connectivity index (χ1v) is 6.97. The number of likely N-dealkylation sites (tertiary alicyclic amines) is 1. The molecule has 1 saturated heterocycles. The van der Waals surface area contributed by atoms with E-state index in [1.54, 1.807) is 11.0 Å². The van der Waals surface area contributed by atoms with Crippen LogP contribution >= 0.6 is 0 Å². The molecule has 1 aliphatic heterocycles. The lowest BCUT2D eigenvalue weighted by molar-refractivity contribution is -0.136. The van der Waals surface area contributed by atoms with Gasteiger partial charge >= 0.3 is 5.97 Å². The van der Waals surface area contributed by atoms with E-state index in [2.05, 4.69) is 10.3 Å². The normalized spacial score (nSPS) is 18.5. The molecule has 0 aliphatic carbocycles. The first-order valence-electron chi connectivity index (χ1n) is 6.97. The van der Waals surface area contributed by atoms with Gasteiger partial charge in [-0.3, -0.25) is 14.4 Å². The van der Waals surface area contributed by atoms with E-state index in [9.17, 15) is 14.4 Å². The van der Waals surface area contributed by atoms with Gasteiger partial charge in [-0.2, -0.15) is 0 Å². The number of H-pyrrole nitrogens is 1. The number of hydrogen-bond donors (Lipinski definition) is 3. The molecular formula is C14H19N3O4. The number of nitrogens with one attached hydrogen (secondary N) is 2. The second-order valence-corrected chi connectivity index (χ2v) is 5.23. The fraction of sp³-hybridized carbons (Fsp3) is 0.500. The van der Waals surface area contributed by atoms with E-state index in [0.717, 1.165) is 12.8 Å². The highest BCUT2D eigenvalue weighted by atomic mass is 16.4. The Labute approximate surface area is 122 Å². The van der Waals surface area contributed by atoms with Crippen molar-refractivity contribution < 1.29 is 14.7 Å². The summed E-state index contributed by atoms with van der Waals surface area (Å²) in [5, 5.41) is 11.5. The second-order valence-electron chi connectivity index (χ2n) is 5.23. The lowest BCUT2D eigenvalue weighted by atomic mass is 9.97. The summed E-state index contributed by atoms with van der Waals surface area (Å²) in [4.78, 5) is 38.3. The molecule has 2 rings (SSSR count). The molecule has 0 saturated carbocycles. The average molecular weight is 293 g/mol. The molecule has 7 nitrogen and oxygen atoms in total. The molecule has 0 spiro atoms. The molecule has 21 heavy (non-hydrogen) atoms. The van der Waals surface area contributed by atoms with Gasteiger partial charge in [-0.25, -0.2) is 0 Å². The molecule has 1 aliphatic rings. The molecule has 1 fully saturated rings. The van der Waals surface area contributed by atoms with Crippen LogP contribution < -0.4 is 10.9 Å². The van der Waals surface area contributed by atoms with E-state index in [1.807, 2.05) is 0 Å². The lowest BCUT2D eigenvalue weighted by Crippen LogP contribution is -2.43. The number of nitrogens with zero attached hydrogens (tertiary/aromatic N) is 1. The Morgan fingerprint density at radius 3 is 3.00 bits per heavy atom. The zero-order valence-corrected chi connectivity index (χ0v) is 11.7. The van der Waals surface area contributed by atoms with Crippen LogP contribution in [0.3, 0.4) is 0 Å². The number of aliphatic carboxylic acids is 1. The summed E-state index contributed by atoms with van der Waals surface area (Å²) in [5.41, 5.74) is 0.0930. The van der Waals surface area contributed by atoms with Gasteiger partial charge in [0.2, 0.25) is 5.56 Å². The zero-order chi connectivity index (χ0) is 15.2. The summed E-state index contributed by atoms with van der Waals surface area (Å²) in [6.07, 6.45) is 3.31. The highest BCUT2D eigenvalue weighted by molar-refractivity contribution is 5.94. The number of amides is 1. The molecular weight excluding hydrogens is 274 g/mol. The van der Waals surface area contributed by atoms with Gasteiger partial charge in [0.15, 0.2) is 0 Å². The second kappa shape index (κ2) is 7.03. The standard InChI is InChI=1S/C14H19N3O4/c18-12-6-11(3-4-16-12)14(21)17-5-1-2-10(9-17)7-15-8-13(19)20/h3-4,6,10,15H,1-2,5,7-9H2,(H,16,18)(H,19,20). The van der Waals surface area contributed by atoms with Gasteiger partial charge in [0.25, 0.3) is 5.91 Å². The maximum Gasteiger partial charge on any atom is 0.317 e. The van der Waals surface area contributed by atoms with Crippen molar-refractivity contribution in [1.29, 1.82) is 0 Å². The molecule has 0 radical (unpaired) electrons. The predicted octanol–water partition coefficient (Wildman–Crippen LogP) is -0.0987. The molecule has 2 heterocycles.